The lowest BCUT2D eigenvalue weighted by atomic mass is 10.0. The standard InChI is InChI=1S/C11H12FN3/c1-2-9-10(11(13)15-14-9)7-5-3-4-6-8(7)12/h3-6H,2H2,1H3,(H3,13,14,15). The van der Waals surface area contributed by atoms with E-state index in [1.165, 1.54) is 6.07 Å². The minimum atomic E-state index is -0.277. The molecule has 0 aliphatic rings. The Bertz CT molecular complexity index is 476. The largest absolute Gasteiger partial charge is 0.382 e. The van der Waals surface area contributed by atoms with E-state index in [9.17, 15) is 4.39 Å². The minimum absolute atomic E-state index is 0.277. The Morgan fingerprint density at radius 3 is 2.80 bits per heavy atom. The third-order valence-electron chi connectivity index (χ3n) is 2.37. The molecular formula is C11H12FN3. The molecule has 15 heavy (non-hydrogen) atoms. The van der Waals surface area contributed by atoms with Gasteiger partial charge in [0.15, 0.2) is 5.82 Å². The first-order valence-electron chi connectivity index (χ1n) is 4.81. The number of benzene rings is 1. The molecule has 1 aromatic carbocycles. The molecule has 0 aliphatic carbocycles. The third kappa shape index (κ3) is 1.58. The van der Waals surface area contributed by atoms with Crippen molar-refractivity contribution < 1.29 is 4.39 Å². The summed E-state index contributed by atoms with van der Waals surface area (Å²) in [5.74, 6) is 0.0669. The maximum Gasteiger partial charge on any atom is 0.153 e. The molecule has 0 amide bonds. The fourth-order valence-corrected chi connectivity index (χ4v) is 1.61. The van der Waals surface area contributed by atoms with E-state index >= 15 is 0 Å². The summed E-state index contributed by atoms with van der Waals surface area (Å²) in [4.78, 5) is 0. The van der Waals surface area contributed by atoms with Crippen LogP contribution in [-0.2, 0) is 6.42 Å². The van der Waals surface area contributed by atoms with Crippen LogP contribution in [0.3, 0.4) is 0 Å². The van der Waals surface area contributed by atoms with E-state index in [4.69, 9.17) is 5.73 Å². The lowest BCUT2D eigenvalue weighted by Crippen LogP contribution is -1.92. The summed E-state index contributed by atoms with van der Waals surface area (Å²) < 4.78 is 13.6. The Balaban J connectivity index is 2.63. The van der Waals surface area contributed by atoms with E-state index in [0.717, 1.165) is 12.1 Å². The summed E-state index contributed by atoms with van der Waals surface area (Å²) in [6.07, 6.45) is 0.744. The second-order valence-electron chi connectivity index (χ2n) is 3.30. The van der Waals surface area contributed by atoms with Gasteiger partial charge >= 0.3 is 0 Å². The first kappa shape index (κ1) is 9.71. The molecule has 0 unspecified atom stereocenters. The van der Waals surface area contributed by atoms with E-state index in [-0.39, 0.29) is 5.82 Å². The molecule has 1 heterocycles. The van der Waals surface area contributed by atoms with Crippen LogP contribution < -0.4 is 5.73 Å². The topological polar surface area (TPSA) is 54.7 Å². The van der Waals surface area contributed by atoms with Gasteiger partial charge in [-0.3, -0.25) is 5.10 Å². The molecule has 2 rings (SSSR count). The second kappa shape index (κ2) is 3.73. The van der Waals surface area contributed by atoms with E-state index in [0.29, 0.717) is 16.9 Å². The summed E-state index contributed by atoms with van der Waals surface area (Å²) >= 11 is 0. The molecule has 0 saturated carbocycles. The van der Waals surface area contributed by atoms with Crippen LogP contribution in [-0.4, -0.2) is 10.2 Å². The minimum Gasteiger partial charge on any atom is -0.382 e. The zero-order chi connectivity index (χ0) is 10.8. The molecule has 4 heteroatoms. The van der Waals surface area contributed by atoms with Crippen molar-refractivity contribution in [2.45, 2.75) is 13.3 Å². The maximum atomic E-state index is 13.6. The Morgan fingerprint density at radius 1 is 1.40 bits per heavy atom. The molecule has 0 bridgehead atoms. The molecule has 2 aromatic rings. The lowest BCUT2D eigenvalue weighted by molar-refractivity contribution is 0.631. The number of nitrogens with zero attached hydrogens (tertiary/aromatic N) is 1. The molecule has 1 aromatic heterocycles. The summed E-state index contributed by atoms with van der Waals surface area (Å²) in [5.41, 5.74) is 7.74. The van der Waals surface area contributed by atoms with Crippen molar-refractivity contribution in [2.75, 3.05) is 5.73 Å². The summed E-state index contributed by atoms with van der Waals surface area (Å²) in [6.45, 7) is 1.97. The van der Waals surface area contributed by atoms with Gasteiger partial charge in [-0.25, -0.2) is 4.39 Å². The highest BCUT2D eigenvalue weighted by molar-refractivity contribution is 5.76. The van der Waals surface area contributed by atoms with Gasteiger partial charge in [0.2, 0.25) is 0 Å². The molecule has 0 saturated heterocycles. The van der Waals surface area contributed by atoms with E-state index in [2.05, 4.69) is 10.2 Å². The van der Waals surface area contributed by atoms with Gasteiger partial charge in [0.05, 0.1) is 0 Å². The number of aromatic nitrogens is 2. The molecule has 0 aliphatic heterocycles. The number of anilines is 1. The average Bonchev–Trinajstić information content (AvgIpc) is 2.60. The van der Waals surface area contributed by atoms with Crippen molar-refractivity contribution in [3.05, 3.63) is 35.8 Å². The van der Waals surface area contributed by atoms with Crippen molar-refractivity contribution >= 4 is 5.82 Å². The average molecular weight is 205 g/mol. The molecule has 0 atom stereocenters. The van der Waals surface area contributed by atoms with Crippen LogP contribution in [0.15, 0.2) is 24.3 Å². The Labute approximate surface area is 87.1 Å². The number of aromatic amines is 1. The van der Waals surface area contributed by atoms with E-state index in [1.54, 1.807) is 18.2 Å². The number of nitrogen functional groups attached to an aromatic ring is 1. The van der Waals surface area contributed by atoms with Gasteiger partial charge in [-0.2, -0.15) is 5.10 Å². The maximum absolute atomic E-state index is 13.6. The predicted molar refractivity (Wildman–Crippen MR) is 57.8 cm³/mol. The fourth-order valence-electron chi connectivity index (χ4n) is 1.61. The van der Waals surface area contributed by atoms with Crippen molar-refractivity contribution in [1.29, 1.82) is 0 Å². The Hall–Kier alpha value is -1.84. The number of H-pyrrole nitrogens is 1. The van der Waals surface area contributed by atoms with Gasteiger partial charge in [0, 0.05) is 16.8 Å². The zero-order valence-corrected chi connectivity index (χ0v) is 8.42. The number of halogens is 1. The molecular weight excluding hydrogens is 193 g/mol. The van der Waals surface area contributed by atoms with Gasteiger partial charge in [-0.05, 0) is 12.5 Å². The number of hydrogen-bond acceptors (Lipinski definition) is 2. The molecule has 3 N–H and O–H groups in total. The number of nitrogens with one attached hydrogen (secondary N) is 1. The normalized spacial score (nSPS) is 10.5. The summed E-state index contributed by atoms with van der Waals surface area (Å²) in [6, 6.07) is 6.56. The molecule has 0 radical (unpaired) electrons. The highest BCUT2D eigenvalue weighted by Gasteiger charge is 2.14. The van der Waals surface area contributed by atoms with Crippen LogP contribution in [0.2, 0.25) is 0 Å². The van der Waals surface area contributed by atoms with Crippen LogP contribution >= 0.6 is 0 Å². The summed E-state index contributed by atoms with van der Waals surface area (Å²) in [5, 5.41) is 6.70. The SMILES string of the molecule is CCc1[nH]nc(N)c1-c1ccccc1F. The first-order valence-corrected chi connectivity index (χ1v) is 4.81. The number of hydrogen-bond donors (Lipinski definition) is 2. The predicted octanol–water partition coefficient (Wildman–Crippen LogP) is 2.36. The first-order chi connectivity index (χ1) is 7.24. The number of nitrogens with two attached hydrogens (primary N) is 1. The van der Waals surface area contributed by atoms with Crippen LogP contribution in [0.25, 0.3) is 11.1 Å². The Kier molecular flexibility index (Phi) is 2.41. The molecule has 3 nitrogen and oxygen atoms in total. The van der Waals surface area contributed by atoms with Crippen molar-refractivity contribution in [2.24, 2.45) is 0 Å². The van der Waals surface area contributed by atoms with Crippen LogP contribution in [0, 0.1) is 5.82 Å². The zero-order valence-electron chi connectivity index (χ0n) is 8.42. The Morgan fingerprint density at radius 2 is 2.13 bits per heavy atom. The molecule has 78 valence electrons. The van der Waals surface area contributed by atoms with Gasteiger partial charge in [0.1, 0.15) is 5.82 Å². The van der Waals surface area contributed by atoms with Crippen molar-refractivity contribution in [3.8, 4) is 11.1 Å². The molecule has 0 spiro atoms. The smallest absolute Gasteiger partial charge is 0.153 e. The fraction of sp³-hybridized carbons (Fsp3) is 0.182. The summed E-state index contributed by atoms with van der Waals surface area (Å²) in [7, 11) is 0. The third-order valence-corrected chi connectivity index (χ3v) is 2.37. The lowest BCUT2D eigenvalue weighted by Gasteiger charge is -2.03. The second-order valence-corrected chi connectivity index (χ2v) is 3.30. The molecule has 0 fully saturated rings. The monoisotopic (exact) mass is 205 g/mol. The van der Waals surface area contributed by atoms with Gasteiger partial charge in [0.25, 0.3) is 0 Å². The van der Waals surface area contributed by atoms with E-state index < -0.39 is 0 Å². The van der Waals surface area contributed by atoms with Crippen molar-refractivity contribution in [1.82, 2.24) is 10.2 Å². The van der Waals surface area contributed by atoms with Gasteiger partial charge in [-0.15, -0.1) is 0 Å². The van der Waals surface area contributed by atoms with E-state index in [1.807, 2.05) is 6.92 Å². The van der Waals surface area contributed by atoms with Crippen molar-refractivity contribution in [3.63, 3.8) is 0 Å². The van der Waals surface area contributed by atoms with Crippen LogP contribution in [0.1, 0.15) is 12.6 Å². The highest BCUT2D eigenvalue weighted by Crippen LogP contribution is 2.29. The number of rotatable bonds is 2. The van der Waals surface area contributed by atoms with Crippen LogP contribution in [0.5, 0.6) is 0 Å². The highest BCUT2D eigenvalue weighted by atomic mass is 19.1. The quantitative estimate of drug-likeness (QED) is 0.790. The number of aryl methyl sites for hydroxylation is 1. The van der Waals surface area contributed by atoms with Crippen LogP contribution in [0.4, 0.5) is 10.2 Å². The van der Waals surface area contributed by atoms with Gasteiger partial charge < -0.3 is 5.73 Å². The van der Waals surface area contributed by atoms with Gasteiger partial charge in [-0.1, -0.05) is 25.1 Å².